The van der Waals surface area contributed by atoms with Gasteiger partial charge in [0.25, 0.3) is 0 Å². The Labute approximate surface area is 96.8 Å². The first-order valence-electron chi connectivity index (χ1n) is 4.32. The van der Waals surface area contributed by atoms with Crippen LogP contribution in [0.4, 0.5) is 0 Å². The first kappa shape index (κ1) is 11.0. The molecule has 0 radical (unpaired) electrons. The third kappa shape index (κ3) is 2.07. The number of carbonyl (C=O) groups excluding carboxylic acids is 1. The summed E-state index contributed by atoms with van der Waals surface area (Å²) in [6, 6.07) is 14.2. The van der Waals surface area contributed by atoms with Gasteiger partial charge >= 0.3 is 18.9 Å². The van der Waals surface area contributed by atoms with E-state index < -0.39 is 0 Å². The number of fused-ring (bicyclic) bond motifs is 1. The molecular formula is C12H11LiO. The van der Waals surface area contributed by atoms with Crippen LogP contribution in [0, 0.1) is 0 Å². The van der Waals surface area contributed by atoms with Crippen LogP contribution < -0.4 is 18.9 Å². The Balaban J connectivity index is 0.000000980. The van der Waals surface area contributed by atoms with E-state index in [9.17, 15) is 4.79 Å². The van der Waals surface area contributed by atoms with Gasteiger partial charge in [0.1, 0.15) is 6.29 Å². The molecule has 2 aromatic rings. The minimum Gasteiger partial charge on any atom is -1.00 e. The molecule has 0 amide bonds. The Morgan fingerprint density at radius 3 is 2.57 bits per heavy atom. The van der Waals surface area contributed by atoms with Crippen LogP contribution in [0.1, 0.15) is 6.99 Å². The largest absolute Gasteiger partial charge is 1.00 e. The second-order valence-corrected chi connectivity index (χ2v) is 3.01. The van der Waals surface area contributed by atoms with Crippen LogP contribution in [0.5, 0.6) is 0 Å². The average molecular weight is 178 g/mol. The minimum atomic E-state index is 0. The molecule has 0 heterocycles. The molecule has 0 aliphatic rings. The van der Waals surface area contributed by atoms with Crippen molar-refractivity contribution in [3.63, 3.8) is 0 Å². The third-order valence-corrected chi connectivity index (χ3v) is 2.18. The number of aldehydes is 1. The molecule has 0 N–H and O–H groups in total. The number of carbonyl (C=O) groups is 1. The molecule has 0 spiro atoms. The molecule has 2 rings (SSSR count). The van der Waals surface area contributed by atoms with Gasteiger partial charge in [-0.3, -0.25) is 0 Å². The maximum absolute atomic E-state index is 10.4. The predicted octanol–water partition coefficient (Wildman–Crippen LogP) is -0.302. The van der Waals surface area contributed by atoms with Crippen LogP contribution in [0.3, 0.4) is 0 Å². The molecule has 1 nitrogen and oxygen atoms in total. The van der Waals surface area contributed by atoms with Crippen LogP contribution in [-0.2, 0) is 11.2 Å². The van der Waals surface area contributed by atoms with Crippen LogP contribution in [0.25, 0.3) is 10.8 Å². The zero-order valence-electron chi connectivity index (χ0n) is 9.23. The smallest absolute Gasteiger partial charge is 1.00 e. The average Bonchev–Trinajstić information content (AvgIpc) is 2.19. The summed E-state index contributed by atoms with van der Waals surface area (Å²) in [5, 5.41) is 2.37. The van der Waals surface area contributed by atoms with Crippen LogP contribution in [0.2, 0.25) is 0 Å². The van der Waals surface area contributed by atoms with Gasteiger partial charge in [-0.15, -0.1) is 0 Å². The Morgan fingerprint density at radius 1 is 1.07 bits per heavy atom. The fourth-order valence-corrected chi connectivity index (χ4v) is 1.56. The fourth-order valence-electron chi connectivity index (χ4n) is 1.56. The summed E-state index contributed by atoms with van der Waals surface area (Å²) in [4.78, 5) is 10.4. The van der Waals surface area contributed by atoms with Crippen molar-refractivity contribution >= 4 is 17.1 Å². The van der Waals surface area contributed by atoms with Crippen molar-refractivity contribution in [2.45, 2.75) is 6.42 Å². The molecular weight excluding hydrogens is 167 g/mol. The molecule has 0 unspecified atom stereocenters. The summed E-state index contributed by atoms with van der Waals surface area (Å²) in [5.74, 6) is 0. The Morgan fingerprint density at radius 2 is 1.79 bits per heavy atom. The van der Waals surface area contributed by atoms with Gasteiger partial charge in [-0.1, -0.05) is 42.5 Å². The quantitative estimate of drug-likeness (QED) is 0.455. The first-order valence-corrected chi connectivity index (χ1v) is 4.32. The molecule has 2 heteroatoms. The standard InChI is InChI=1S/C12H10O.Li.H/c13-9-8-11-6-3-5-10-4-1-2-7-12(10)11;;/h1-7,9H,8H2;;/q;+1;-1. The zero-order chi connectivity index (χ0) is 9.10. The van der Waals surface area contributed by atoms with E-state index in [1.807, 2.05) is 30.3 Å². The van der Waals surface area contributed by atoms with Crippen molar-refractivity contribution in [2.24, 2.45) is 0 Å². The molecule has 0 atom stereocenters. The van der Waals surface area contributed by atoms with Crippen molar-refractivity contribution in [3.8, 4) is 0 Å². The van der Waals surface area contributed by atoms with Crippen LogP contribution >= 0.6 is 0 Å². The van der Waals surface area contributed by atoms with E-state index in [0.29, 0.717) is 6.42 Å². The number of hydrogen-bond donors (Lipinski definition) is 0. The van der Waals surface area contributed by atoms with Gasteiger partial charge in [-0.25, -0.2) is 0 Å². The van der Waals surface area contributed by atoms with Gasteiger partial charge in [0.15, 0.2) is 0 Å². The monoisotopic (exact) mass is 178 g/mol. The Hall–Kier alpha value is -1.03. The van der Waals surface area contributed by atoms with Gasteiger partial charge in [-0.2, -0.15) is 0 Å². The molecule has 0 bridgehead atoms. The van der Waals surface area contributed by atoms with Crippen molar-refractivity contribution in [1.82, 2.24) is 0 Å². The van der Waals surface area contributed by atoms with E-state index in [1.54, 1.807) is 0 Å². The summed E-state index contributed by atoms with van der Waals surface area (Å²) in [5.41, 5.74) is 1.10. The maximum Gasteiger partial charge on any atom is 1.00 e. The second-order valence-electron chi connectivity index (χ2n) is 3.01. The van der Waals surface area contributed by atoms with Crippen molar-refractivity contribution in [1.29, 1.82) is 0 Å². The first-order chi connectivity index (χ1) is 6.42. The number of hydrogen-bond acceptors (Lipinski definition) is 1. The molecule has 0 fully saturated rings. The Bertz CT molecular complexity index is 437. The van der Waals surface area contributed by atoms with E-state index in [0.717, 1.165) is 11.8 Å². The van der Waals surface area contributed by atoms with E-state index >= 15 is 0 Å². The normalized spacial score (nSPS) is 9.43. The van der Waals surface area contributed by atoms with Crippen LogP contribution in [-0.4, -0.2) is 6.29 Å². The fraction of sp³-hybridized carbons (Fsp3) is 0.0833. The van der Waals surface area contributed by atoms with E-state index in [4.69, 9.17) is 0 Å². The molecule has 0 saturated heterocycles. The molecule has 0 saturated carbocycles. The molecule has 0 aromatic heterocycles. The summed E-state index contributed by atoms with van der Waals surface area (Å²) >= 11 is 0. The second kappa shape index (κ2) is 5.00. The molecule has 66 valence electrons. The predicted molar refractivity (Wildman–Crippen MR) is 54.8 cm³/mol. The van der Waals surface area contributed by atoms with Gasteiger partial charge < -0.3 is 6.22 Å². The Kier molecular flexibility index (Phi) is 3.94. The van der Waals surface area contributed by atoms with E-state index in [2.05, 4.69) is 12.1 Å². The summed E-state index contributed by atoms with van der Waals surface area (Å²) in [7, 11) is 0. The number of benzene rings is 2. The topological polar surface area (TPSA) is 17.1 Å². The van der Waals surface area contributed by atoms with Crippen LogP contribution in [0.15, 0.2) is 42.5 Å². The molecule has 2 aromatic carbocycles. The van der Waals surface area contributed by atoms with Gasteiger partial charge in [0, 0.05) is 6.42 Å². The zero-order valence-corrected chi connectivity index (χ0v) is 8.23. The maximum atomic E-state index is 10.4. The molecule has 0 aliphatic heterocycles. The van der Waals surface area contributed by atoms with Gasteiger partial charge in [0.2, 0.25) is 0 Å². The van der Waals surface area contributed by atoms with Gasteiger partial charge in [-0.05, 0) is 16.3 Å². The SMILES string of the molecule is O=CCc1cccc2ccccc12.[H-].[Li+]. The molecule has 14 heavy (non-hydrogen) atoms. The van der Waals surface area contributed by atoms with Crippen molar-refractivity contribution < 1.29 is 25.1 Å². The summed E-state index contributed by atoms with van der Waals surface area (Å²) < 4.78 is 0. The van der Waals surface area contributed by atoms with Crippen molar-refractivity contribution in [3.05, 3.63) is 48.0 Å². The van der Waals surface area contributed by atoms with Gasteiger partial charge in [0.05, 0.1) is 0 Å². The number of rotatable bonds is 2. The minimum absolute atomic E-state index is 0. The summed E-state index contributed by atoms with van der Waals surface area (Å²) in [6.45, 7) is 0. The van der Waals surface area contributed by atoms with E-state index in [1.165, 1.54) is 10.8 Å². The van der Waals surface area contributed by atoms with Crippen molar-refractivity contribution in [2.75, 3.05) is 0 Å². The third-order valence-electron chi connectivity index (χ3n) is 2.18. The van der Waals surface area contributed by atoms with E-state index in [-0.39, 0.29) is 20.3 Å². The molecule has 0 aliphatic carbocycles. The summed E-state index contributed by atoms with van der Waals surface area (Å²) in [6.07, 6.45) is 1.45.